The molecular formula is C134H76O4. The van der Waals surface area contributed by atoms with Crippen molar-refractivity contribution in [2.24, 2.45) is 0 Å². The molecule has 0 bridgehead atoms. The number of para-hydroxylation sites is 4. The van der Waals surface area contributed by atoms with Crippen LogP contribution in [0.3, 0.4) is 0 Å². The molecule has 4 heteroatoms. The Balaban J connectivity index is 0.000000128. The molecule has 4 heterocycles. The van der Waals surface area contributed by atoms with Gasteiger partial charge in [-0.2, -0.15) is 0 Å². The minimum Gasteiger partial charge on any atom is -0.456 e. The van der Waals surface area contributed by atoms with Crippen molar-refractivity contribution in [3.63, 3.8) is 0 Å². The Morgan fingerprint density at radius 1 is 0.130 bits per heavy atom. The average molecular weight is 1750 g/mol. The largest absolute Gasteiger partial charge is 0.456 e. The zero-order valence-corrected chi connectivity index (χ0v) is 74.5. The van der Waals surface area contributed by atoms with Crippen molar-refractivity contribution in [2.45, 2.75) is 10.8 Å². The van der Waals surface area contributed by atoms with E-state index in [4.69, 9.17) is 17.7 Å². The number of benzene rings is 24. The molecule has 4 nitrogen and oxygen atoms in total. The molecule has 0 radical (unpaired) electrons. The molecule has 0 saturated carbocycles. The molecule has 32 rings (SSSR count). The SMILES string of the molecule is c1ccc2c(c1)-c1ccc3ccccc3c1C21c2ccccc2-c2c(-c3c4cccc(-c5ccc6oc7ccccc7c6c5)c4cc4c(-c5ccc6oc7ccccc7c6c5)cccc34)cccc21.c1ccc2c(c1)-c1ccc3ccccc3c1C21c2ccccc2-c2c(-c3c4cccc(-c5cccc6oc7ccccc7c56)c4cc4c(-c5cccc6oc7ccccc7c56)cccc34)cccc21. The van der Waals surface area contributed by atoms with Crippen LogP contribution in [0, 0.1) is 0 Å². The van der Waals surface area contributed by atoms with E-state index < -0.39 is 10.8 Å². The Kier molecular flexibility index (Phi) is 15.5. The molecule has 0 fully saturated rings. The Bertz CT molecular complexity index is 9950. The summed E-state index contributed by atoms with van der Waals surface area (Å²) in [6.07, 6.45) is 0. The normalized spacial score (nSPS) is 14.7. The highest BCUT2D eigenvalue weighted by Crippen LogP contribution is 2.69. The quantitative estimate of drug-likeness (QED) is 0.156. The molecular weight excluding hydrogens is 1670 g/mol. The van der Waals surface area contributed by atoms with Crippen molar-refractivity contribution in [2.75, 3.05) is 0 Å². The van der Waals surface area contributed by atoms with E-state index >= 15 is 0 Å². The van der Waals surface area contributed by atoms with Gasteiger partial charge < -0.3 is 17.7 Å². The molecule has 4 aliphatic rings. The molecule has 0 saturated heterocycles. The third kappa shape index (κ3) is 10.1. The summed E-state index contributed by atoms with van der Waals surface area (Å²) < 4.78 is 25.8. The summed E-state index contributed by atoms with van der Waals surface area (Å²) in [5.74, 6) is 0. The van der Waals surface area contributed by atoms with Crippen molar-refractivity contribution < 1.29 is 17.7 Å². The number of hydrogen-bond donors (Lipinski definition) is 0. The molecule has 0 amide bonds. The molecule has 28 aromatic rings. The van der Waals surface area contributed by atoms with Crippen molar-refractivity contribution in [1.29, 1.82) is 0 Å². The van der Waals surface area contributed by atoms with Gasteiger partial charge in [0.15, 0.2) is 0 Å². The van der Waals surface area contributed by atoms with Gasteiger partial charge in [0.25, 0.3) is 0 Å². The second kappa shape index (κ2) is 28.3. The molecule has 24 aromatic carbocycles. The zero-order chi connectivity index (χ0) is 89.9. The third-order valence-electron chi connectivity index (χ3n) is 31.4. The lowest BCUT2D eigenvalue weighted by Gasteiger charge is -2.31. The van der Waals surface area contributed by atoms with E-state index in [1.54, 1.807) is 0 Å². The first kappa shape index (κ1) is 75.6. The standard InChI is InChI=1S/2C67H38O2/c1-2-17-40-39(16-1)36-37-48-43-18-3-7-29-55(43)67(66(40)48)56-30-8-4-19-49(56)63-52(28-13-31-57(63)67)62-46-24-11-22-41(44-26-14-34-60-64(44)50-20-5-9-32-58(50)68-60)53(46)38-54-42(23-12-25-47(54)62)45-27-15-35-61-65(45)51-21-6-10-33-59(51)69-61;1-2-15-44-39(14-1)30-33-50-45-16-3-7-25-57(45)67(66(44)50)58-26-8-4-19-51(58)65-52(24-13-27-59(65)67)64-48-22-11-20-42(40-31-34-62-55(36-40)46-17-5-9-28-60(46)68-62)53(48)38-54-43(21-12-23-49(54)64)41-32-35-63-56(37-41)47-18-6-10-29-61(47)69-63/h2*1-38H. The Hall–Kier alpha value is -18.0. The number of fused-ring (bicyclic) bond motifs is 40. The van der Waals surface area contributed by atoms with Crippen LogP contribution in [0.4, 0.5) is 0 Å². The summed E-state index contributed by atoms with van der Waals surface area (Å²) in [4.78, 5) is 0. The molecule has 2 spiro atoms. The predicted octanol–water partition coefficient (Wildman–Crippen LogP) is 36.6. The first-order valence-electron chi connectivity index (χ1n) is 47.8. The Morgan fingerprint density at radius 3 is 0.833 bits per heavy atom. The molecule has 4 aromatic heterocycles. The topological polar surface area (TPSA) is 52.6 Å². The lowest BCUT2D eigenvalue weighted by atomic mass is 9.69. The monoisotopic (exact) mass is 1750 g/mol. The summed E-state index contributed by atoms with van der Waals surface area (Å²) >= 11 is 0. The average Bonchev–Trinajstić information content (AvgIpc) is 1.50. The first-order chi connectivity index (χ1) is 68.5. The van der Waals surface area contributed by atoms with Crippen LogP contribution in [-0.2, 0) is 10.8 Å². The van der Waals surface area contributed by atoms with Crippen LogP contribution in [0.1, 0.15) is 44.5 Å². The van der Waals surface area contributed by atoms with E-state index in [2.05, 4.69) is 449 Å². The second-order valence-electron chi connectivity index (χ2n) is 37.8. The van der Waals surface area contributed by atoms with Gasteiger partial charge in [-0.05, 0) is 293 Å². The summed E-state index contributed by atoms with van der Waals surface area (Å²) in [6, 6.07) is 171. The molecule has 4 aliphatic carbocycles. The van der Waals surface area contributed by atoms with Crippen LogP contribution in [0.25, 0.3) is 264 Å². The Morgan fingerprint density at radius 2 is 0.406 bits per heavy atom. The molecule has 138 heavy (non-hydrogen) atoms. The van der Waals surface area contributed by atoms with Crippen molar-refractivity contribution >= 4 is 152 Å². The van der Waals surface area contributed by atoms with Gasteiger partial charge in [-0.3, -0.25) is 0 Å². The van der Waals surface area contributed by atoms with Crippen molar-refractivity contribution in [1.82, 2.24) is 0 Å². The van der Waals surface area contributed by atoms with Crippen LogP contribution in [-0.4, -0.2) is 0 Å². The minimum absolute atomic E-state index is 0.517. The summed E-state index contributed by atoms with van der Waals surface area (Å²) in [5.41, 5.74) is 41.5. The Labute approximate surface area is 792 Å². The van der Waals surface area contributed by atoms with Gasteiger partial charge >= 0.3 is 0 Å². The first-order valence-corrected chi connectivity index (χ1v) is 47.8. The fourth-order valence-electron chi connectivity index (χ4n) is 26.0. The highest BCUT2D eigenvalue weighted by molar-refractivity contribution is 6.27. The van der Waals surface area contributed by atoms with Gasteiger partial charge in [0.2, 0.25) is 0 Å². The van der Waals surface area contributed by atoms with Crippen molar-refractivity contribution in [3.05, 3.63) is 506 Å². The second-order valence-corrected chi connectivity index (χ2v) is 37.8. The molecule has 0 N–H and O–H groups in total. The van der Waals surface area contributed by atoms with Crippen molar-refractivity contribution in [3.8, 4) is 111 Å². The van der Waals surface area contributed by atoms with Crippen LogP contribution in [0.5, 0.6) is 0 Å². The molecule has 636 valence electrons. The van der Waals surface area contributed by atoms with E-state index in [9.17, 15) is 0 Å². The number of hydrogen-bond acceptors (Lipinski definition) is 4. The van der Waals surface area contributed by atoms with Gasteiger partial charge in [0.05, 0.1) is 10.8 Å². The number of furan rings is 4. The van der Waals surface area contributed by atoms with E-state index in [1.807, 2.05) is 12.1 Å². The van der Waals surface area contributed by atoms with Gasteiger partial charge in [0, 0.05) is 43.1 Å². The maximum absolute atomic E-state index is 6.53. The number of rotatable bonds is 6. The lowest BCUT2D eigenvalue weighted by molar-refractivity contribution is 0.668. The van der Waals surface area contributed by atoms with E-state index in [0.29, 0.717) is 0 Å². The fourth-order valence-corrected chi connectivity index (χ4v) is 26.0. The van der Waals surface area contributed by atoms with Crippen LogP contribution >= 0.6 is 0 Å². The highest BCUT2D eigenvalue weighted by atomic mass is 16.3. The lowest BCUT2D eigenvalue weighted by Crippen LogP contribution is -2.26. The summed E-state index contributed by atoms with van der Waals surface area (Å²) in [7, 11) is 0. The smallest absolute Gasteiger partial charge is 0.136 e. The van der Waals surface area contributed by atoms with E-state index in [-0.39, 0.29) is 0 Å². The molecule has 0 aliphatic heterocycles. The maximum atomic E-state index is 6.53. The van der Waals surface area contributed by atoms with Crippen LogP contribution < -0.4 is 0 Å². The van der Waals surface area contributed by atoms with Gasteiger partial charge in [-0.15, -0.1) is 0 Å². The van der Waals surface area contributed by atoms with Gasteiger partial charge in [-0.1, -0.05) is 388 Å². The van der Waals surface area contributed by atoms with Crippen LogP contribution in [0.15, 0.2) is 479 Å². The summed E-state index contributed by atoms with van der Waals surface area (Å²) in [5, 5.41) is 23.7. The summed E-state index contributed by atoms with van der Waals surface area (Å²) in [6.45, 7) is 0. The van der Waals surface area contributed by atoms with E-state index in [0.717, 1.165) is 110 Å². The van der Waals surface area contributed by atoms with Gasteiger partial charge in [0.1, 0.15) is 44.7 Å². The van der Waals surface area contributed by atoms with Crippen LogP contribution in [0.2, 0.25) is 0 Å². The highest BCUT2D eigenvalue weighted by Gasteiger charge is 2.55. The zero-order valence-electron chi connectivity index (χ0n) is 74.5. The fraction of sp³-hybridized carbons (Fsp3) is 0.0149. The molecule has 2 unspecified atom stereocenters. The third-order valence-corrected chi connectivity index (χ3v) is 31.4. The predicted molar refractivity (Wildman–Crippen MR) is 572 cm³/mol. The molecule has 2 atom stereocenters. The maximum Gasteiger partial charge on any atom is 0.136 e. The van der Waals surface area contributed by atoms with E-state index in [1.165, 1.54) is 198 Å². The minimum atomic E-state index is -0.526. The van der Waals surface area contributed by atoms with Gasteiger partial charge in [-0.25, -0.2) is 0 Å².